The first kappa shape index (κ1) is 34.7. The van der Waals surface area contributed by atoms with Crippen molar-refractivity contribution in [2.24, 2.45) is 11.8 Å². The van der Waals surface area contributed by atoms with Crippen molar-refractivity contribution < 1.29 is 28.6 Å². The molecular weight excluding hydrogens is 584 g/mol. The second kappa shape index (κ2) is 14.1. The molecule has 1 saturated carbocycles. The van der Waals surface area contributed by atoms with E-state index in [-0.39, 0.29) is 24.3 Å². The number of benzene rings is 1. The minimum absolute atomic E-state index is 0.0993. The van der Waals surface area contributed by atoms with Gasteiger partial charge in [-0.1, -0.05) is 49.7 Å². The van der Waals surface area contributed by atoms with E-state index in [1.54, 1.807) is 58.6 Å². The quantitative estimate of drug-likeness (QED) is 0.155. The summed E-state index contributed by atoms with van der Waals surface area (Å²) in [7, 11) is 0. The lowest BCUT2D eigenvalue weighted by Crippen LogP contribution is -2.45. The minimum atomic E-state index is -0.974. The van der Waals surface area contributed by atoms with Crippen LogP contribution >= 0.6 is 0 Å². The summed E-state index contributed by atoms with van der Waals surface area (Å²) in [4.78, 5) is 50.9. The van der Waals surface area contributed by atoms with Crippen molar-refractivity contribution in [2.75, 3.05) is 6.54 Å². The standard InChI is InChI=1S/C36H48N4O6/c1-9-15-26(22-40(32(42)45-34(3,4)5)33(43)46-35(6,7)8)20-28-21-36(28,31(41)44-25(2)27-16-11-10-12-17-27)29-23-39(24-38-29)30-18-13-14-19-37-30/h10-14,16-19,23-26,28H,9,15,20-22H2,1-8H3/t25-,26+,28+,36+/m0/s1. The van der Waals surface area contributed by atoms with Crippen LogP contribution in [0.5, 0.6) is 0 Å². The second-order valence-electron chi connectivity index (χ2n) is 14.1. The number of amides is 2. The molecule has 0 N–H and O–H groups in total. The van der Waals surface area contributed by atoms with E-state index >= 15 is 0 Å². The number of ether oxygens (including phenoxy) is 3. The molecule has 3 aromatic rings. The number of imide groups is 1. The van der Waals surface area contributed by atoms with Gasteiger partial charge >= 0.3 is 18.2 Å². The van der Waals surface area contributed by atoms with Gasteiger partial charge in [-0.25, -0.2) is 24.5 Å². The Hall–Kier alpha value is -4.21. The third-order valence-corrected chi connectivity index (χ3v) is 7.96. The smallest absolute Gasteiger partial charge is 0.419 e. The molecule has 10 nitrogen and oxygen atoms in total. The molecule has 2 aromatic heterocycles. The predicted octanol–water partition coefficient (Wildman–Crippen LogP) is 7.81. The number of hydrogen-bond acceptors (Lipinski definition) is 8. The van der Waals surface area contributed by atoms with Crippen LogP contribution in [0.15, 0.2) is 67.3 Å². The number of esters is 1. The number of nitrogens with zero attached hydrogens (tertiary/aromatic N) is 4. The fourth-order valence-electron chi connectivity index (χ4n) is 5.74. The first-order valence-electron chi connectivity index (χ1n) is 16.1. The van der Waals surface area contributed by atoms with Gasteiger partial charge in [-0.3, -0.25) is 9.36 Å². The van der Waals surface area contributed by atoms with Crippen molar-refractivity contribution in [1.82, 2.24) is 19.4 Å². The summed E-state index contributed by atoms with van der Waals surface area (Å²) in [5.74, 6) is 0.111. The van der Waals surface area contributed by atoms with E-state index in [1.807, 2.05) is 61.7 Å². The molecule has 10 heteroatoms. The van der Waals surface area contributed by atoms with Crippen molar-refractivity contribution in [3.63, 3.8) is 0 Å². The lowest BCUT2D eigenvalue weighted by molar-refractivity contribution is -0.152. The number of hydrogen-bond donors (Lipinski definition) is 0. The molecule has 4 rings (SSSR count). The van der Waals surface area contributed by atoms with Crippen molar-refractivity contribution in [2.45, 2.75) is 104 Å². The van der Waals surface area contributed by atoms with Gasteiger partial charge in [0.1, 0.15) is 34.9 Å². The van der Waals surface area contributed by atoms with Gasteiger partial charge in [-0.15, -0.1) is 0 Å². The molecule has 1 aromatic carbocycles. The van der Waals surface area contributed by atoms with Crippen LogP contribution in [0.2, 0.25) is 0 Å². The molecule has 1 aliphatic carbocycles. The first-order chi connectivity index (χ1) is 21.6. The molecule has 0 spiro atoms. The van der Waals surface area contributed by atoms with E-state index in [1.165, 1.54) is 0 Å². The number of carbonyl (C=O) groups is 3. The second-order valence-corrected chi connectivity index (χ2v) is 14.1. The highest BCUT2D eigenvalue weighted by Crippen LogP contribution is 2.58. The molecular formula is C36H48N4O6. The Morgan fingerprint density at radius 3 is 2.15 bits per heavy atom. The van der Waals surface area contributed by atoms with Crippen molar-refractivity contribution >= 4 is 18.2 Å². The topological polar surface area (TPSA) is 113 Å². The molecule has 248 valence electrons. The van der Waals surface area contributed by atoms with Gasteiger partial charge in [-0.2, -0.15) is 0 Å². The van der Waals surface area contributed by atoms with Crippen LogP contribution < -0.4 is 0 Å². The maximum Gasteiger partial charge on any atom is 0.419 e. The van der Waals surface area contributed by atoms with Crippen LogP contribution in [0.3, 0.4) is 0 Å². The van der Waals surface area contributed by atoms with Crippen LogP contribution in [0.1, 0.15) is 98.4 Å². The molecule has 46 heavy (non-hydrogen) atoms. The average molecular weight is 633 g/mol. The number of carbonyl (C=O) groups excluding carboxylic acids is 3. The Morgan fingerprint density at radius 2 is 1.59 bits per heavy atom. The van der Waals surface area contributed by atoms with Crippen LogP contribution in [-0.4, -0.2) is 55.3 Å². The summed E-state index contributed by atoms with van der Waals surface area (Å²) in [6.45, 7) is 14.6. The number of aromatic nitrogens is 3. The molecule has 0 radical (unpaired) electrons. The number of imidazole rings is 1. The van der Waals surface area contributed by atoms with Gasteiger partial charge in [0.15, 0.2) is 0 Å². The predicted molar refractivity (Wildman–Crippen MR) is 174 cm³/mol. The third kappa shape index (κ3) is 8.73. The molecule has 0 saturated heterocycles. The van der Waals surface area contributed by atoms with E-state index in [9.17, 15) is 14.4 Å². The Labute approximate surface area is 272 Å². The first-order valence-corrected chi connectivity index (χ1v) is 16.1. The summed E-state index contributed by atoms with van der Waals surface area (Å²) >= 11 is 0. The average Bonchev–Trinajstić information content (AvgIpc) is 3.48. The summed E-state index contributed by atoms with van der Waals surface area (Å²) < 4.78 is 19.1. The molecule has 0 aliphatic heterocycles. The van der Waals surface area contributed by atoms with E-state index in [0.717, 1.165) is 23.3 Å². The Balaban J connectivity index is 1.62. The molecule has 2 heterocycles. The fourth-order valence-corrected chi connectivity index (χ4v) is 5.74. The van der Waals surface area contributed by atoms with Gasteiger partial charge in [0.05, 0.1) is 5.69 Å². The Bertz CT molecular complexity index is 1450. The zero-order valence-electron chi connectivity index (χ0n) is 28.4. The van der Waals surface area contributed by atoms with Crippen LogP contribution in [0.25, 0.3) is 5.82 Å². The summed E-state index contributed by atoms with van der Waals surface area (Å²) in [5, 5.41) is 0. The van der Waals surface area contributed by atoms with E-state index in [4.69, 9.17) is 19.2 Å². The number of rotatable bonds is 11. The number of pyridine rings is 1. The SMILES string of the molecule is CCC[C@H](C[C@@H]1C[C@]1(C(=O)O[C@@H](C)c1ccccc1)c1cn(-c2ccccn2)cn1)CN(C(=O)OC(C)(C)C)C(=O)OC(C)(C)C. The van der Waals surface area contributed by atoms with Gasteiger partial charge in [0.25, 0.3) is 0 Å². The van der Waals surface area contributed by atoms with Crippen molar-refractivity contribution in [1.29, 1.82) is 0 Å². The van der Waals surface area contributed by atoms with Gasteiger partial charge in [-0.05, 0) is 97.3 Å². The van der Waals surface area contributed by atoms with Gasteiger partial charge in [0, 0.05) is 18.9 Å². The van der Waals surface area contributed by atoms with Crippen molar-refractivity contribution in [3.05, 3.63) is 78.5 Å². The zero-order chi connectivity index (χ0) is 33.7. The molecule has 4 atom stereocenters. The molecule has 2 amide bonds. The third-order valence-electron chi connectivity index (χ3n) is 7.96. The molecule has 0 unspecified atom stereocenters. The Kier molecular flexibility index (Phi) is 10.6. The summed E-state index contributed by atoms with van der Waals surface area (Å²) in [6, 6.07) is 15.2. The fraction of sp³-hybridized carbons (Fsp3) is 0.528. The summed E-state index contributed by atoms with van der Waals surface area (Å²) in [5.41, 5.74) is -1.06. The van der Waals surface area contributed by atoms with Gasteiger partial charge in [0.2, 0.25) is 0 Å². The highest BCUT2D eigenvalue weighted by molar-refractivity contribution is 5.88. The normalized spacial score (nSPS) is 19.1. The lowest BCUT2D eigenvalue weighted by Gasteiger charge is -2.31. The van der Waals surface area contributed by atoms with E-state index in [0.29, 0.717) is 24.4 Å². The lowest BCUT2D eigenvalue weighted by atomic mass is 9.90. The zero-order valence-corrected chi connectivity index (χ0v) is 28.4. The molecule has 1 fully saturated rings. The maximum absolute atomic E-state index is 14.1. The highest BCUT2D eigenvalue weighted by Gasteiger charge is 2.64. The van der Waals surface area contributed by atoms with Gasteiger partial charge < -0.3 is 14.2 Å². The Morgan fingerprint density at radius 1 is 0.957 bits per heavy atom. The maximum atomic E-state index is 14.1. The summed E-state index contributed by atoms with van der Waals surface area (Å²) in [6.07, 6.45) is 5.91. The van der Waals surface area contributed by atoms with Crippen LogP contribution in [0, 0.1) is 11.8 Å². The molecule has 0 bridgehead atoms. The molecule has 1 aliphatic rings. The van der Waals surface area contributed by atoms with Crippen LogP contribution in [0.4, 0.5) is 9.59 Å². The largest absolute Gasteiger partial charge is 0.457 e. The van der Waals surface area contributed by atoms with E-state index < -0.39 is 34.9 Å². The van der Waals surface area contributed by atoms with Crippen molar-refractivity contribution in [3.8, 4) is 5.82 Å². The minimum Gasteiger partial charge on any atom is -0.457 e. The monoisotopic (exact) mass is 632 g/mol. The van der Waals surface area contributed by atoms with E-state index in [2.05, 4.69) is 11.9 Å². The van der Waals surface area contributed by atoms with Crippen LogP contribution in [-0.2, 0) is 24.4 Å². The highest BCUT2D eigenvalue weighted by atomic mass is 16.6.